The number of benzene rings is 3. The van der Waals surface area contributed by atoms with Crippen molar-refractivity contribution in [1.29, 1.82) is 0 Å². The monoisotopic (exact) mass is 664 g/mol. The first kappa shape index (κ1) is 33.3. The number of amides is 3. The van der Waals surface area contributed by atoms with Crippen LogP contribution in [0.5, 0.6) is 0 Å². The van der Waals surface area contributed by atoms with Crippen LogP contribution in [0.4, 0.5) is 4.79 Å². The average Bonchev–Trinajstić information content (AvgIpc) is 3.76. The van der Waals surface area contributed by atoms with Crippen molar-refractivity contribution in [2.24, 2.45) is 0 Å². The number of aryl methyl sites for hydroxylation is 1. The van der Waals surface area contributed by atoms with E-state index in [-0.39, 0.29) is 30.6 Å². The second kappa shape index (κ2) is 15.5. The Bertz CT molecular complexity index is 1720. The molecular weight excluding hydrogens is 621 g/mol. The molecule has 48 heavy (non-hydrogen) atoms. The van der Waals surface area contributed by atoms with Gasteiger partial charge in [-0.1, -0.05) is 91.7 Å². The Morgan fingerprint density at radius 1 is 0.896 bits per heavy atom. The first-order valence-corrected chi connectivity index (χ1v) is 17.7. The summed E-state index contributed by atoms with van der Waals surface area (Å²) < 4.78 is 6.58. The summed E-state index contributed by atoms with van der Waals surface area (Å²) in [5.41, 5.74) is 2.34. The van der Waals surface area contributed by atoms with Gasteiger partial charge >= 0.3 is 6.09 Å². The lowest BCUT2D eigenvalue weighted by Crippen LogP contribution is -2.59. The van der Waals surface area contributed by atoms with Crippen LogP contribution in [0, 0.1) is 6.92 Å². The van der Waals surface area contributed by atoms with Crippen LogP contribution < -0.4 is 10.6 Å². The van der Waals surface area contributed by atoms with E-state index < -0.39 is 5.54 Å². The standard InChI is InChI=1S/C39H44N4O4S/c1-29-16-17-32-27-35(48-34(32)25-29)36(44)41-39(18-8-9-19-39)37(45)40-33(26-30-11-4-2-5-12-30)15-10-20-42-21-23-43(24-22-42)38(46)47-28-31-13-6-3-7-14-31/h2-7,10-14,16-17,20,25,27,33H,8-9,15,18-19,21-24,26,28H2,1H3,(H,40,45)(H,41,44)/b20-10+/t33-/m0/s1. The Kier molecular flexibility index (Phi) is 10.8. The quantitative estimate of drug-likeness (QED) is 0.183. The van der Waals surface area contributed by atoms with Crippen molar-refractivity contribution >= 4 is 39.3 Å². The second-order valence-electron chi connectivity index (χ2n) is 12.9. The smallest absolute Gasteiger partial charge is 0.410 e. The highest BCUT2D eigenvalue weighted by molar-refractivity contribution is 7.20. The number of ether oxygens (including phenoxy) is 1. The highest BCUT2D eigenvalue weighted by atomic mass is 32.1. The first-order valence-electron chi connectivity index (χ1n) is 16.9. The number of carbonyl (C=O) groups is 3. The highest BCUT2D eigenvalue weighted by Crippen LogP contribution is 2.32. The van der Waals surface area contributed by atoms with E-state index in [1.807, 2.05) is 73.7 Å². The van der Waals surface area contributed by atoms with Crippen LogP contribution >= 0.6 is 11.3 Å². The largest absolute Gasteiger partial charge is 0.445 e. The maximum Gasteiger partial charge on any atom is 0.410 e. The number of hydrogen-bond acceptors (Lipinski definition) is 6. The molecule has 250 valence electrons. The molecule has 1 atom stereocenters. The molecule has 2 aliphatic rings. The summed E-state index contributed by atoms with van der Waals surface area (Å²) in [5, 5.41) is 7.56. The molecule has 0 radical (unpaired) electrons. The lowest BCUT2D eigenvalue weighted by Gasteiger charge is -2.33. The van der Waals surface area contributed by atoms with Gasteiger partial charge < -0.3 is 25.2 Å². The summed E-state index contributed by atoms with van der Waals surface area (Å²) in [6.45, 7) is 4.90. The van der Waals surface area contributed by atoms with E-state index in [9.17, 15) is 14.4 Å². The molecule has 1 aromatic heterocycles. The third-order valence-electron chi connectivity index (χ3n) is 9.32. The molecule has 4 aromatic rings. The predicted octanol–water partition coefficient (Wildman–Crippen LogP) is 6.84. The molecule has 2 heterocycles. The Balaban J connectivity index is 1.06. The topological polar surface area (TPSA) is 91.0 Å². The number of carbonyl (C=O) groups excluding carboxylic acids is 3. The summed E-state index contributed by atoms with van der Waals surface area (Å²) in [7, 11) is 0. The summed E-state index contributed by atoms with van der Waals surface area (Å²) in [6.07, 6.45) is 8.26. The van der Waals surface area contributed by atoms with E-state index in [0.717, 1.165) is 39.6 Å². The summed E-state index contributed by atoms with van der Waals surface area (Å²) >= 11 is 1.47. The molecule has 2 fully saturated rings. The fourth-order valence-corrected chi connectivity index (χ4v) is 7.63. The SMILES string of the molecule is Cc1ccc2cc(C(=O)NC3(C(=O)N[C@@H](C/C=C/N4CCN(C(=O)OCc5ccccc5)CC4)Cc4ccccc4)CCCC3)sc2c1. The normalized spacial score (nSPS) is 16.6. The van der Waals surface area contributed by atoms with Gasteiger partial charge in [-0.05, 0) is 73.0 Å². The van der Waals surface area contributed by atoms with Crippen molar-refractivity contribution in [3.8, 4) is 0 Å². The third kappa shape index (κ3) is 8.44. The predicted molar refractivity (Wildman–Crippen MR) is 191 cm³/mol. The molecule has 0 bridgehead atoms. The number of nitrogens with one attached hydrogen (secondary N) is 2. The highest BCUT2D eigenvalue weighted by Gasteiger charge is 2.43. The number of thiophene rings is 1. The Labute approximate surface area is 286 Å². The van der Waals surface area contributed by atoms with Crippen molar-refractivity contribution in [3.63, 3.8) is 0 Å². The minimum atomic E-state index is -0.923. The van der Waals surface area contributed by atoms with Gasteiger partial charge in [0.1, 0.15) is 12.1 Å². The summed E-state index contributed by atoms with van der Waals surface area (Å²) in [6, 6.07) is 27.8. The van der Waals surface area contributed by atoms with Crippen molar-refractivity contribution < 1.29 is 19.1 Å². The van der Waals surface area contributed by atoms with Crippen molar-refractivity contribution in [3.05, 3.63) is 119 Å². The maximum absolute atomic E-state index is 14.1. The van der Waals surface area contributed by atoms with Gasteiger partial charge in [0.05, 0.1) is 4.88 Å². The lowest BCUT2D eigenvalue weighted by molar-refractivity contribution is -0.127. The molecule has 8 nitrogen and oxygen atoms in total. The van der Waals surface area contributed by atoms with E-state index in [2.05, 4.69) is 46.0 Å². The van der Waals surface area contributed by atoms with Crippen LogP contribution in [0.15, 0.2) is 97.2 Å². The van der Waals surface area contributed by atoms with Gasteiger partial charge in [-0.2, -0.15) is 0 Å². The molecule has 1 aliphatic heterocycles. The molecular formula is C39H44N4O4S. The Morgan fingerprint density at radius 3 is 2.29 bits per heavy atom. The molecule has 1 saturated heterocycles. The minimum absolute atomic E-state index is 0.109. The zero-order valence-corrected chi connectivity index (χ0v) is 28.3. The number of fused-ring (bicyclic) bond motifs is 1. The van der Waals surface area contributed by atoms with Crippen LogP contribution in [-0.2, 0) is 22.6 Å². The summed E-state index contributed by atoms with van der Waals surface area (Å²) in [4.78, 5) is 44.8. The number of nitrogens with zero attached hydrogens (tertiary/aromatic N) is 2. The molecule has 6 rings (SSSR count). The maximum atomic E-state index is 14.1. The number of piperazine rings is 1. The third-order valence-corrected chi connectivity index (χ3v) is 10.4. The first-order chi connectivity index (χ1) is 23.4. The van der Waals surface area contributed by atoms with Gasteiger partial charge in [-0.3, -0.25) is 9.59 Å². The molecule has 9 heteroatoms. The number of rotatable bonds is 11. The van der Waals surface area contributed by atoms with Crippen LogP contribution in [0.1, 0.15) is 58.5 Å². The van der Waals surface area contributed by atoms with E-state index in [1.165, 1.54) is 11.3 Å². The van der Waals surface area contributed by atoms with Gasteiger partial charge in [0.25, 0.3) is 5.91 Å². The molecule has 3 aromatic carbocycles. The lowest BCUT2D eigenvalue weighted by atomic mass is 9.94. The summed E-state index contributed by atoms with van der Waals surface area (Å²) in [5.74, 6) is -0.296. The molecule has 2 N–H and O–H groups in total. The van der Waals surface area contributed by atoms with Crippen molar-refractivity contribution in [2.45, 2.75) is 63.6 Å². The molecule has 0 spiro atoms. The van der Waals surface area contributed by atoms with E-state index in [1.54, 1.807) is 4.90 Å². The second-order valence-corrected chi connectivity index (χ2v) is 14.0. The van der Waals surface area contributed by atoms with E-state index in [0.29, 0.717) is 56.7 Å². The Hall–Kier alpha value is -4.63. The van der Waals surface area contributed by atoms with Gasteiger partial charge in [-0.25, -0.2) is 4.79 Å². The van der Waals surface area contributed by atoms with Crippen molar-refractivity contribution in [2.75, 3.05) is 26.2 Å². The van der Waals surface area contributed by atoms with E-state index in [4.69, 9.17) is 4.74 Å². The average molecular weight is 665 g/mol. The van der Waals surface area contributed by atoms with Crippen LogP contribution in [-0.4, -0.2) is 65.5 Å². The number of hydrogen-bond donors (Lipinski definition) is 2. The molecule has 1 aliphatic carbocycles. The zero-order chi connectivity index (χ0) is 33.3. The van der Waals surface area contributed by atoms with Crippen LogP contribution in [0.3, 0.4) is 0 Å². The fourth-order valence-electron chi connectivity index (χ4n) is 6.57. The molecule has 1 saturated carbocycles. The minimum Gasteiger partial charge on any atom is -0.445 e. The zero-order valence-electron chi connectivity index (χ0n) is 27.5. The van der Waals surface area contributed by atoms with Crippen LogP contribution in [0.25, 0.3) is 10.1 Å². The van der Waals surface area contributed by atoms with Gasteiger partial charge in [0, 0.05) is 36.9 Å². The van der Waals surface area contributed by atoms with Crippen molar-refractivity contribution in [1.82, 2.24) is 20.4 Å². The fraction of sp³-hybridized carbons (Fsp3) is 0.359. The van der Waals surface area contributed by atoms with Gasteiger partial charge in [0.2, 0.25) is 5.91 Å². The van der Waals surface area contributed by atoms with Crippen LogP contribution in [0.2, 0.25) is 0 Å². The van der Waals surface area contributed by atoms with Gasteiger partial charge in [-0.15, -0.1) is 11.3 Å². The molecule has 0 unspecified atom stereocenters. The molecule has 3 amide bonds. The Morgan fingerprint density at radius 2 is 1.58 bits per heavy atom. The van der Waals surface area contributed by atoms with E-state index >= 15 is 0 Å². The van der Waals surface area contributed by atoms with Gasteiger partial charge in [0.15, 0.2) is 0 Å².